The normalized spacial score (nSPS) is 18.6. The van der Waals surface area contributed by atoms with E-state index in [1.807, 2.05) is 12.1 Å². The van der Waals surface area contributed by atoms with Crippen LogP contribution in [0.5, 0.6) is 0 Å². The molecule has 1 heterocycles. The summed E-state index contributed by atoms with van der Waals surface area (Å²) in [7, 11) is 0. The van der Waals surface area contributed by atoms with Crippen LogP contribution in [0.2, 0.25) is 0 Å². The van der Waals surface area contributed by atoms with E-state index in [1.165, 1.54) is 0 Å². The van der Waals surface area contributed by atoms with Gasteiger partial charge < -0.3 is 5.32 Å². The molecule has 5 heteroatoms. The van der Waals surface area contributed by atoms with Crippen LogP contribution in [0.15, 0.2) is 27.7 Å². The van der Waals surface area contributed by atoms with E-state index in [9.17, 15) is 0 Å². The maximum Gasteiger partial charge on any atom is 0.161 e. The van der Waals surface area contributed by atoms with Gasteiger partial charge in [0, 0.05) is 10.2 Å². The summed E-state index contributed by atoms with van der Waals surface area (Å²) in [4.78, 5) is 4.65. The summed E-state index contributed by atoms with van der Waals surface area (Å²) in [5.74, 6) is 1.61. The molecule has 1 atom stereocenters. The van der Waals surface area contributed by atoms with E-state index in [2.05, 4.69) is 46.2 Å². The van der Waals surface area contributed by atoms with E-state index in [0.717, 1.165) is 21.1 Å². The first-order chi connectivity index (χ1) is 8.60. The Morgan fingerprint density at radius 1 is 1.56 bits per heavy atom. The monoisotopic (exact) mass is 323 g/mol. The Labute approximate surface area is 120 Å². The summed E-state index contributed by atoms with van der Waals surface area (Å²) < 4.78 is 0.887. The second kappa shape index (κ2) is 5.77. The van der Waals surface area contributed by atoms with Gasteiger partial charge in [-0.1, -0.05) is 25.6 Å². The number of nitrogens with one attached hydrogen (secondary N) is 1. The van der Waals surface area contributed by atoms with E-state index in [1.54, 1.807) is 17.8 Å². The highest BCUT2D eigenvalue weighted by atomic mass is 79.9. The van der Waals surface area contributed by atoms with Gasteiger partial charge >= 0.3 is 0 Å². The average Bonchev–Trinajstić information content (AvgIpc) is 2.80. The number of halogens is 1. The number of thioether (sulfide) groups is 1. The van der Waals surface area contributed by atoms with E-state index in [4.69, 9.17) is 5.26 Å². The molecule has 0 aliphatic carbocycles. The SMILES string of the molecule is CC(C)C1CSC(Nc2ccc(C#N)cc2Br)=N1. The quantitative estimate of drug-likeness (QED) is 0.898. The third-order valence-electron chi connectivity index (χ3n) is 2.78. The van der Waals surface area contributed by atoms with Gasteiger partial charge in [0.25, 0.3) is 0 Å². The largest absolute Gasteiger partial charge is 0.334 e. The molecule has 0 bridgehead atoms. The van der Waals surface area contributed by atoms with Gasteiger partial charge in [-0.3, -0.25) is 4.99 Å². The number of hydrogen-bond acceptors (Lipinski definition) is 4. The van der Waals surface area contributed by atoms with Crippen LogP contribution in [-0.2, 0) is 0 Å². The van der Waals surface area contributed by atoms with Crippen LogP contribution in [0.3, 0.4) is 0 Å². The van der Waals surface area contributed by atoms with Gasteiger partial charge in [0.15, 0.2) is 5.17 Å². The fourth-order valence-corrected chi connectivity index (χ4v) is 3.26. The predicted octanol–water partition coefficient (Wildman–Crippen LogP) is 3.86. The lowest BCUT2D eigenvalue weighted by Gasteiger charge is -2.08. The minimum absolute atomic E-state index is 0.398. The number of rotatable bonds is 2. The fourth-order valence-electron chi connectivity index (χ4n) is 1.60. The number of nitriles is 1. The molecule has 0 amide bonds. The number of anilines is 1. The van der Waals surface area contributed by atoms with Crippen molar-refractivity contribution in [2.24, 2.45) is 10.9 Å². The molecule has 0 saturated heterocycles. The Morgan fingerprint density at radius 3 is 2.89 bits per heavy atom. The molecule has 0 saturated carbocycles. The van der Waals surface area contributed by atoms with E-state index < -0.39 is 0 Å². The molecule has 0 spiro atoms. The van der Waals surface area contributed by atoms with Crippen LogP contribution >= 0.6 is 27.7 Å². The molecule has 1 unspecified atom stereocenters. The highest BCUT2D eigenvalue weighted by Crippen LogP contribution is 2.28. The van der Waals surface area contributed by atoms with Gasteiger partial charge in [0.05, 0.1) is 23.4 Å². The second-order valence-corrected chi connectivity index (χ2v) is 6.35. The van der Waals surface area contributed by atoms with Gasteiger partial charge in [0.1, 0.15) is 0 Å². The standard InChI is InChI=1S/C13H14BrN3S/c1-8(2)12-7-18-13(17-12)16-11-4-3-9(6-15)5-10(11)14/h3-5,8,12H,7H2,1-2H3,(H,16,17). The Balaban J connectivity index is 2.11. The van der Waals surface area contributed by atoms with E-state index in [0.29, 0.717) is 17.5 Å². The number of nitrogens with zero attached hydrogens (tertiary/aromatic N) is 2. The topological polar surface area (TPSA) is 48.2 Å². The maximum atomic E-state index is 8.81. The molecule has 1 aliphatic heterocycles. The number of hydrogen-bond donors (Lipinski definition) is 1. The van der Waals surface area contributed by atoms with Gasteiger partial charge in [-0.2, -0.15) is 5.26 Å². The molecule has 1 N–H and O–H groups in total. The van der Waals surface area contributed by atoms with E-state index in [-0.39, 0.29) is 0 Å². The Hall–Kier alpha value is -0.990. The number of aliphatic imine (C=N–C) groups is 1. The van der Waals surface area contributed by atoms with Gasteiger partial charge in [-0.15, -0.1) is 0 Å². The van der Waals surface area contributed by atoms with Gasteiger partial charge in [-0.05, 0) is 40.0 Å². The molecule has 94 valence electrons. The first-order valence-corrected chi connectivity index (χ1v) is 7.55. The molecule has 2 rings (SSSR count). The van der Waals surface area contributed by atoms with Gasteiger partial charge in [0.2, 0.25) is 0 Å². The lowest BCUT2D eigenvalue weighted by Crippen LogP contribution is -2.12. The van der Waals surface area contributed by atoms with Crippen molar-refractivity contribution in [2.45, 2.75) is 19.9 Å². The average molecular weight is 324 g/mol. The summed E-state index contributed by atoms with van der Waals surface area (Å²) in [5, 5.41) is 13.1. The highest BCUT2D eigenvalue weighted by molar-refractivity contribution is 9.10. The van der Waals surface area contributed by atoms with Crippen LogP contribution in [0.25, 0.3) is 0 Å². The van der Waals surface area contributed by atoms with E-state index >= 15 is 0 Å². The van der Waals surface area contributed by atoms with Crippen molar-refractivity contribution in [2.75, 3.05) is 11.1 Å². The van der Waals surface area contributed by atoms with Crippen molar-refractivity contribution in [3.05, 3.63) is 28.2 Å². The summed E-state index contributed by atoms with van der Waals surface area (Å²) in [6.45, 7) is 4.38. The van der Waals surface area contributed by atoms with Crippen LogP contribution in [0.4, 0.5) is 5.69 Å². The Morgan fingerprint density at radius 2 is 2.33 bits per heavy atom. The lowest BCUT2D eigenvalue weighted by molar-refractivity contribution is 0.543. The zero-order valence-electron chi connectivity index (χ0n) is 10.3. The molecule has 1 aromatic carbocycles. The van der Waals surface area contributed by atoms with Crippen molar-refractivity contribution >= 4 is 38.5 Å². The van der Waals surface area contributed by atoms with Crippen molar-refractivity contribution in [3.63, 3.8) is 0 Å². The smallest absolute Gasteiger partial charge is 0.161 e. The van der Waals surface area contributed by atoms with Crippen molar-refractivity contribution < 1.29 is 0 Å². The predicted molar refractivity (Wildman–Crippen MR) is 81.0 cm³/mol. The van der Waals surface area contributed by atoms with Crippen LogP contribution < -0.4 is 5.32 Å². The number of amidine groups is 1. The third kappa shape index (κ3) is 3.06. The van der Waals surface area contributed by atoms with Crippen LogP contribution in [-0.4, -0.2) is 17.0 Å². The lowest BCUT2D eigenvalue weighted by atomic mass is 10.1. The van der Waals surface area contributed by atoms with Crippen LogP contribution in [0.1, 0.15) is 19.4 Å². The first kappa shape index (κ1) is 13.4. The minimum Gasteiger partial charge on any atom is -0.334 e. The van der Waals surface area contributed by atoms with Crippen molar-refractivity contribution in [1.29, 1.82) is 5.26 Å². The molecule has 1 aromatic rings. The zero-order chi connectivity index (χ0) is 13.1. The summed E-state index contributed by atoms with van der Waals surface area (Å²) in [6, 6.07) is 8.02. The third-order valence-corrected chi connectivity index (χ3v) is 4.43. The second-order valence-electron chi connectivity index (χ2n) is 4.49. The summed E-state index contributed by atoms with van der Waals surface area (Å²) in [5.41, 5.74) is 1.60. The molecule has 0 radical (unpaired) electrons. The van der Waals surface area contributed by atoms with Gasteiger partial charge in [-0.25, -0.2) is 0 Å². The van der Waals surface area contributed by atoms with Crippen molar-refractivity contribution in [1.82, 2.24) is 0 Å². The maximum absolute atomic E-state index is 8.81. The molecular weight excluding hydrogens is 310 g/mol. The van der Waals surface area contributed by atoms with Crippen molar-refractivity contribution in [3.8, 4) is 6.07 Å². The zero-order valence-corrected chi connectivity index (χ0v) is 12.7. The first-order valence-electron chi connectivity index (χ1n) is 5.77. The minimum atomic E-state index is 0.398. The molecule has 0 fully saturated rings. The molecular formula is C13H14BrN3S. The summed E-state index contributed by atoms with van der Waals surface area (Å²) >= 11 is 5.21. The number of benzene rings is 1. The molecule has 1 aliphatic rings. The Kier molecular flexibility index (Phi) is 4.31. The summed E-state index contributed by atoms with van der Waals surface area (Å²) in [6.07, 6.45) is 0. The molecule has 3 nitrogen and oxygen atoms in total. The fraction of sp³-hybridized carbons (Fsp3) is 0.385. The molecule has 0 aromatic heterocycles. The Bertz CT molecular complexity index is 519. The van der Waals surface area contributed by atoms with Crippen LogP contribution in [0, 0.1) is 17.2 Å². The molecule has 18 heavy (non-hydrogen) atoms. The highest BCUT2D eigenvalue weighted by Gasteiger charge is 2.21.